The summed E-state index contributed by atoms with van der Waals surface area (Å²) < 4.78 is 11.5. The van der Waals surface area contributed by atoms with Crippen LogP contribution in [-0.4, -0.2) is 53.8 Å². The van der Waals surface area contributed by atoms with E-state index in [1.165, 1.54) is 4.90 Å². The van der Waals surface area contributed by atoms with Gasteiger partial charge in [0.25, 0.3) is 5.91 Å². The van der Waals surface area contributed by atoms with Crippen molar-refractivity contribution >= 4 is 11.7 Å². The standard InChI is InChI=1S/C27H28N2O5/c1-18-12-13-22(34-18)25(30)23-24(29(15-14-28(2)3)27(32)26(23)31)20-10-7-11-21(16-20)33-17-19-8-5-4-6-9-19/h4-13,16,24,31H,14-15,17H2,1-3H3. The molecule has 2 heterocycles. The van der Waals surface area contributed by atoms with Crippen molar-refractivity contribution in [2.45, 2.75) is 19.6 Å². The second kappa shape index (κ2) is 9.97. The van der Waals surface area contributed by atoms with Gasteiger partial charge in [0, 0.05) is 13.1 Å². The van der Waals surface area contributed by atoms with E-state index in [0.29, 0.717) is 36.8 Å². The first kappa shape index (κ1) is 23.3. The number of likely N-dealkylation sites (N-methyl/N-ethyl adjacent to an activating group) is 1. The molecule has 4 rings (SSSR count). The molecule has 0 saturated heterocycles. The first-order valence-corrected chi connectivity index (χ1v) is 11.1. The molecule has 1 amide bonds. The lowest BCUT2D eigenvalue weighted by atomic mass is 9.95. The van der Waals surface area contributed by atoms with Crippen LogP contribution in [0.2, 0.25) is 0 Å². The van der Waals surface area contributed by atoms with Gasteiger partial charge in [-0.05, 0) is 56.4 Å². The summed E-state index contributed by atoms with van der Waals surface area (Å²) in [6.45, 7) is 3.03. The van der Waals surface area contributed by atoms with Gasteiger partial charge in [-0.15, -0.1) is 0 Å². The summed E-state index contributed by atoms with van der Waals surface area (Å²) in [7, 11) is 3.80. The predicted octanol–water partition coefficient (Wildman–Crippen LogP) is 4.31. The number of hydrogen-bond donors (Lipinski definition) is 1. The minimum Gasteiger partial charge on any atom is -0.503 e. The van der Waals surface area contributed by atoms with Gasteiger partial charge in [-0.25, -0.2) is 0 Å². The van der Waals surface area contributed by atoms with Crippen molar-refractivity contribution in [3.8, 4) is 5.75 Å². The fraction of sp³-hybridized carbons (Fsp3) is 0.259. The smallest absolute Gasteiger partial charge is 0.290 e. The van der Waals surface area contributed by atoms with Crippen LogP contribution in [0.1, 0.15) is 33.5 Å². The number of aliphatic hydroxyl groups is 1. The van der Waals surface area contributed by atoms with Crippen molar-refractivity contribution in [2.75, 3.05) is 27.2 Å². The Kier molecular flexibility index (Phi) is 6.84. The van der Waals surface area contributed by atoms with E-state index in [1.54, 1.807) is 19.1 Å². The highest BCUT2D eigenvalue weighted by atomic mass is 16.5. The normalized spacial score (nSPS) is 15.9. The maximum absolute atomic E-state index is 13.3. The Morgan fingerprint density at radius 1 is 1.09 bits per heavy atom. The molecule has 3 aromatic rings. The number of aryl methyl sites for hydroxylation is 1. The number of amides is 1. The number of Topliss-reactive ketones (excluding diaryl/α,β-unsaturated/α-hetero) is 1. The number of furan rings is 1. The summed E-state index contributed by atoms with van der Waals surface area (Å²) in [4.78, 5) is 29.8. The van der Waals surface area contributed by atoms with Crippen LogP contribution in [-0.2, 0) is 11.4 Å². The summed E-state index contributed by atoms with van der Waals surface area (Å²) in [5.74, 6) is -0.360. The number of carbonyl (C=O) groups is 2. The molecule has 0 fully saturated rings. The van der Waals surface area contributed by atoms with Crippen molar-refractivity contribution in [3.05, 3.63) is 101 Å². The Labute approximate surface area is 198 Å². The maximum atomic E-state index is 13.3. The van der Waals surface area contributed by atoms with Crippen LogP contribution in [0.15, 0.2) is 82.5 Å². The minimum atomic E-state index is -0.759. The van der Waals surface area contributed by atoms with E-state index in [1.807, 2.05) is 73.6 Å². The number of aliphatic hydroxyl groups excluding tert-OH is 1. The fourth-order valence-corrected chi connectivity index (χ4v) is 3.98. The lowest BCUT2D eigenvalue weighted by Crippen LogP contribution is -2.36. The second-order valence-corrected chi connectivity index (χ2v) is 8.55. The second-order valence-electron chi connectivity index (χ2n) is 8.55. The molecule has 0 bridgehead atoms. The summed E-state index contributed by atoms with van der Waals surface area (Å²) in [6, 6.07) is 19.6. The molecule has 1 aliphatic heterocycles. The average Bonchev–Trinajstić information content (AvgIpc) is 3.38. The molecule has 7 heteroatoms. The van der Waals surface area contributed by atoms with Gasteiger partial charge in [0.15, 0.2) is 11.5 Å². The van der Waals surface area contributed by atoms with Crippen molar-refractivity contribution in [3.63, 3.8) is 0 Å². The van der Waals surface area contributed by atoms with Crippen LogP contribution in [0.3, 0.4) is 0 Å². The molecule has 176 valence electrons. The number of hydrogen-bond acceptors (Lipinski definition) is 6. The van der Waals surface area contributed by atoms with Crippen molar-refractivity contribution in [2.24, 2.45) is 0 Å². The molecular formula is C27H28N2O5. The molecule has 1 atom stereocenters. The summed E-state index contributed by atoms with van der Waals surface area (Å²) in [5, 5.41) is 10.8. The molecule has 0 saturated carbocycles. The maximum Gasteiger partial charge on any atom is 0.290 e. The van der Waals surface area contributed by atoms with Crippen LogP contribution in [0, 0.1) is 6.92 Å². The summed E-state index contributed by atoms with van der Waals surface area (Å²) in [5.41, 5.74) is 1.71. The van der Waals surface area contributed by atoms with Gasteiger partial charge >= 0.3 is 0 Å². The molecule has 0 radical (unpaired) electrons. The van der Waals surface area contributed by atoms with E-state index in [-0.39, 0.29) is 11.3 Å². The van der Waals surface area contributed by atoms with E-state index in [9.17, 15) is 14.7 Å². The zero-order chi connectivity index (χ0) is 24.2. The van der Waals surface area contributed by atoms with Gasteiger partial charge < -0.3 is 24.1 Å². The Hall–Kier alpha value is -3.84. The number of carbonyl (C=O) groups excluding carboxylic acids is 2. The summed E-state index contributed by atoms with van der Waals surface area (Å²) >= 11 is 0. The van der Waals surface area contributed by atoms with E-state index in [0.717, 1.165) is 5.56 Å². The van der Waals surface area contributed by atoms with Crippen molar-refractivity contribution in [1.82, 2.24) is 9.80 Å². The lowest BCUT2D eigenvalue weighted by molar-refractivity contribution is -0.129. The van der Waals surface area contributed by atoms with Crippen molar-refractivity contribution < 1.29 is 23.8 Å². The lowest BCUT2D eigenvalue weighted by Gasteiger charge is -2.28. The van der Waals surface area contributed by atoms with Crippen LogP contribution in [0.5, 0.6) is 5.75 Å². The molecule has 2 aromatic carbocycles. The largest absolute Gasteiger partial charge is 0.503 e. The van der Waals surface area contributed by atoms with Crippen LogP contribution >= 0.6 is 0 Å². The number of nitrogens with zero attached hydrogens (tertiary/aromatic N) is 2. The molecule has 0 aliphatic carbocycles. The quantitative estimate of drug-likeness (QED) is 0.479. The van der Waals surface area contributed by atoms with Gasteiger partial charge in [-0.2, -0.15) is 0 Å². The molecule has 1 unspecified atom stereocenters. The summed E-state index contributed by atoms with van der Waals surface area (Å²) in [6.07, 6.45) is 0. The number of ketones is 1. The highest BCUT2D eigenvalue weighted by molar-refractivity contribution is 6.15. The van der Waals surface area contributed by atoms with Gasteiger partial charge in [0.1, 0.15) is 18.1 Å². The van der Waals surface area contributed by atoms with E-state index < -0.39 is 23.5 Å². The van der Waals surface area contributed by atoms with Crippen LogP contribution in [0.25, 0.3) is 0 Å². The zero-order valence-electron chi connectivity index (χ0n) is 19.5. The van der Waals surface area contributed by atoms with Gasteiger partial charge in [-0.1, -0.05) is 42.5 Å². The third-order valence-electron chi connectivity index (χ3n) is 5.72. The predicted molar refractivity (Wildman–Crippen MR) is 128 cm³/mol. The SMILES string of the molecule is Cc1ccc(C(=O)C2=C(O)C(=O)N(CCN(C)C)C2c2cccc(OCc3ccccc3)c2)o1. The van der Waals surface area contributed by atoms with Crippen LogP contribution in [0.4, 0.5) is 0 Å². The molecule has 34 heavy (non-hydrogen) atoms. The highest BCUT2D eigenvalue weighted by Gasteiger charge is 2.44. The first-order chi connectivity index (χ1) is 16.3. The molecular weight excluding hydrogens is 432 g/mol. The Bertz CT molecular complexity index is 1210. The van der Waals surface area contributed by atoms with Gasteiger partial charge in [-0.3, -0.25) is 9.59 Å². The third-order valence-corrected chi connectivity index (χ3v) is 5.72. The first-order valence-electron chi connectivity index (χ1n) is 11.1. The Morgan fingerprint density at radius 3 is 2.53 bits per heavy atom. The zero-order valence-corrected chi connectivity index (χ0v) is 19.5. The van der Waals surface area contributed by atoms with E-state index >= 15 is 0 Å². The highest BCUT2D eigenvalue weighted by Crippen LogP contribution is 2.40. The average molecular weight is 461 g/mol. The van der Waals surface area contributed by atoms with E-state index in [4.69, 9.17) is 9.15 Å². The molecule has 1 aromatic heterocycles. The minimum absolute atomic E-state index is 0.0123. The Balaban J connectivity index is 1.68. The van der Waals surface area contributed by atoms with Crippen LogP contribution < -0.4 is 4.74 Å². The van der Waals surface area contributed by atoms with Gasteiger partial charge in [0.05, 0.1) is 11.6 Å². The molecule has 0 spiro atoms. The number of ether oxygens (including phenoxy) is 1. The topological polar surface area (TPSA) is 83.2 Å². The fourth-order valence-electron chi connectivity index (χ4n) is 3.98. The molecule has 1 N–H and O–H groups in total. The van der Waals surface area contributed by atoms with Gasteiger partial charge in [0.2, 0.25) is 5.78 Å². The number of benzene rings is 2. The molecule has 7 nitrogen and oxygen atoms in total. The number of rotatable bonds is 9. The Morgan fingerprint density at radius 2 is 1.85 bits per heavy atom. The monoisotopic (exact) mass is 460 g/mol. The third kappa shape index (κ3) is 4.89. The molecule has 1 aliphatic rings. The van der Waals surface area contributed by atoms with E-state index in [2.05, 4.69) is 0 Å². The van der Waals surface area contributed by atoms with Crippen molar-refractivity contribution in [1.29, 1.82) is 0 Å².